The summed E-state index contributed by atoms with van der Waals surface area (Å²) in [5.41, 5.74) is 8.18. The number of aryl methyl sites for hydroxylation is 1. The molecule has 0 aliphatic rings. The first-order chi connectivity index (χ1) is 7.77. The summed E-state index contributed by atoms with van der Waals surface area (Å²) < 4.78 is 0. The van der Waals surface area contributed by atoms with E-state index in [1.54, 1.807) is 0 Å². The quantitative estimate of drug-likeness (QED) is 0.576. The van der Waals surface area contributed by atoms with Crippen molar-refractivity contribution in [3.8, 4) is 0 Å². The lowest BCUT2D eigenvalue weighted by atomic mass is 10.0. The fraction of sp³-hybridized carbons (Fsp3) is 0.0714. The molecular formula is C14H12N2. The Morgan fingerprint density at radius 3 is 2.56 bits per heavy atom. The number of nitrogens with zero attached hydrogens (tertiary/aromatic N) is 1. The van der Waals surface area contributed by atoms with Crippen molar-refractivity contribution in [2.75, 3.05) is 5.73 Å². The number of para-hydroxylation sites is 1. The third-order valence-electron chi connectivity index (χ3n) is 2.96. The average Bonchev–Trinajstić information content (AvgIpc) is 2.30. The summed E-state index contributed by atoms with van der Waals surface area (Å²) in [6, 6.07) is 14.3. The van der Waals surface area contributed by atoms with Gasteiger partial charge in [0.25, 0.3) is 0 Å². The molecule has 0 saturated heterocycles. The Morgan fingerprint density at radius 2 is 1.69 bits per heavy atom. The predicted molar refractivity (Wildman–Crippen MR) is 68.4 cm³/mol. The van der Waals surface area contributed by atoms with E-state index in [-0.39, 0.29) is 0 Å². The van der Waals surface area contributed by atoms with Crippen molar-refractivity contribution < 1.29 is 0 Å². The molecule has 0 bridgehead atoms. The highest BCUT2D eigenvalue weighted by Crippen LogP contribution is 2.29. The molecule has 0 aliphatic heterocycles. The van der Waals surface area contributed by atoms with Gasteiger partial charge in [0.2, 0.25) is 0 Å². The van der Waals surface area contributed by atoms with Gasteiger partial charge in [0, 0.05) is 10.8 Å². The number of benzene rings is 2. The summed E-state index contributed by atoms with van der Waals surface area (Å²) in [4.78, 5) is 4.42. The van der Waals surface area contributed by atoms with Crippen molar-refractivity contribution in [1.29, 1.82) is 0 Å². The summed E-state index contributed by atoms with van der Waals surface area (Å²) in [7, 11) is 0. The van der Waals surface area contributed by atoms with Crippen molar-refractivity contribution in [1.82, 2.24) is 4.98 Å². The minimum absolute atomic E-state index is 0.609. The minimum atomic E-state index is 0.609. The maximum atomic E-state index is 5.98. The first-order valence-electron chi connectivity index (χ1n) is 5.31. The first kappa shape index (κ1) is 9.16. The van der Waals surface area contributed by atoms with Crippen LogP contribution in [-0.4, -0.2) is 4.98 Å². The second kappa shape index (κ2) is 3.20. The summed E-state index contributed by atoms with van der Waals surface area (Å²) in [6.07, 6.45) is 0. The van der Waals surface area contributed by atoms with Crippen LogP contribution in [0.1, 0.15) is 5.56 Å². The van der Waals surface area contributed by atoms with Gasteiger partial charge in [-0.05, 0) is 23.9 Å². The topological polar surface area (TPSA) is 38.9 Å². The lowest BCUT2D eigenvalue weighted by molar-refractivity contribution is 1.43. The van der Waals surface area contributed by atoms with Crippen molar-refractivity contribution >= 4 is 27.5 Å². The smallest absolute Gasteiger partial charge is 0.132 e. The molecule has 3 aromatic rings. The second-order valence-electron chi connectivity index (χ2n) is 4.01. The molecule has 0 atom stereocenters. The third kappa shape index (κ3) is 1.16. The van der Waals surface area contributed by atoms with Gasteiger partial charge >= 0.3 is 0 Å². The van der Waals surface area contributed by atoms with Crippen LogP contribution in [0.3, 0.4) is 0 Å². The van der Waals surface area contributed by atoms with E-state index in [2.05, 4.69) is 24.0 Å². The highest BCUT2D eigenvalue weighted by atomic mass is 14.8. The molecule has 2 N–H and O–H groups in total. The second-order valence-corrected chi connectivity index (χ2v) is 4.01. The number of anilines is 1. The summed E-state index contributed by atoms with van der Waals surface area (Å²) in [5, 5.41) is 3.43. The van der Waals surface area contributed by atoms with E-state index >= 15 is 0 Å². The Labute approximate surface area is 93.7 Å². The SMILES string of the molecule is Cc1cccc2c(N)nc3ccccc3c12. The maximum Gasteiger partial charge on any atom is 0.132 e. The molecule has 0 spiro atoms. The zero-order valence-corrected chi connectivity index (χ0v) is 9.07. The number of pyridine rings is 1. The standard InChI is InChI=1S/C14H12N2/c1-9-5-4-7-11-13(9)10-6-2-3-8-12(10)16-14(11)15/h2-8H,1H3,(H2,15,16). The van der Waals surface area contributed by atoms with Crippen LogP contribution in [0.25, 0.3) is 21.7 Å². The Bertz CT molecular complexity index is 687. The zero-order valence-electron chi connectivity index (χ0n) is 9.07. The molecule has 16 heavy (non-hydrogen) atoms. The summed E-state index contributed by atoms with van der Waals surface area (Å²) in [5.74, 6) is 0.609. The van der Waals surface area contributed by atoms with E-state index in [0.717, 1.165) is 10.9 Å². The number of nitrogens with two attached hydrogens (primary N) is 1. The lowest BCUT2D eigenvalue weighted by Crippen LogP contribution is -1.94. The van der Waals surface area contributed by atoms with Gasteiger partial charge in [-0.2, -0.15) is 0 Å². The average molecular weight is 208 g/mol. The molecular weight excluding hydrogens is 196 g/mol. The molecule has 2 aromatic carbocycles. The van der Waals surface area contributed by atoms with Crippen LogP contribution >= 0.6 is 0 Å². The molecule has 2 heteroatoms. The fourth-order valence-corrected chi connectivity index (χ4v) is 2.21. The molecule has 0 amide bonds. The number of rotatable bonds is 0. The summed E-state index contributed by atoms with van der Waals surface area (Å²) in [6.45, 7) is 2.11. The summed E-state index contributed by atoms with van der Waals surface area (Å²) >= 11 is 0. The van der Waals surface area contributed by atoms with Gasteiger partial charge in [-0.25, -0.2) is 4.98 Å². The van der Waals surface area contributed by atoms with E-state index in [4.69, 9.17) is 5.73 Å². The van der Waals surface area contributed by atoms with Crippen LogP contribution in [0.2, 0.25) is 0 Å². The third-order valence-corrected chi connectivity index (χ3v) is 2.96. The van der Waals surface area contributed by atoms with Crippen LogP contribution < -0.4 is 5.73 Å². The monoisotopic (exact) mass is 208 g/mol. The van der Waals surface area contributed by atoms with Gasteiger partial charge < -0.3 is 5.73 Å². The Morgan fingerprint density at radius 1 is 0.938 bits per heavy atom. The van der Waals surface area contributed by atoms with Crippen LogP contribution in [0, 0.1) is 6.92 Å². The number of nitrogen functional groups attached to an aromatic ring is 1. The van der Waals surface area contributed by atoms with Gasteiger partial charge in [-0.1, -0.05) is 36.4 Å². The zero-order chi connectivity index (χ0) is 11.1. The van der Waals surface area contributed by atoms with Gasteiger partial charge in [-0.3, -0.25) is 0 Å². The Balaban J connectivity index is 2.67. The van der Waals surface area contributed by atoms with Crippen molar-refractivity contribution in [3.63, 3.8) is 0 Å². The van der Waals surface area contributed by atoms with E-state index in [1.165, 1.54) is 16.3 Å². The van der Waals surface area contributed by atoms with Crippen molar-refractivity contribution in [2.24, 2.45) is 0 Å². The number of hydrogen-bond acceptors (Lipinski definition) is 2. The Hall–Kier alpha value is -2.09. The van der Waals surface area contributed by atoms with Crippen molar-refractivity contribution in [3.05, 3.63) is 48.0 Å². The molecule has 78 valence electrons. The minimum Gasteiger partial charge on any atom is -0.383 e. The lowest BCUT2D eigenvalue weighted by Gasteiger charge is -2.08. The molecule has 1 aromatic heterocycles. The van der Waals surface area contributed by atoms with Gasteiger partial charge in [0.05, 0.1) is 5.52 Å². The van der Waals surface area contributed by atoms with E-state index in [1.807, 2.05) is 30.3 Å². The van der Waals surface area contributed by atoms with Crippen molar-refractivity contribution in [2.45, 2.75) is 6.92 Å². The van der Waals surface area contributed by atoms with Gasteiger partial charge in [0.1, 0.15) is 5.82 Å². The predicted octanol–water partition coefficient (Wildman–Crippen LogP) is 3.28. The van der Waals surface area contributed by atoms with Crippen LogP contribution in [0.15, 0.2) is 42.5 Å². The molecule has 0 saturated carbocycles. The van der Waals surface area contributed by atoms with E-state index < -0.39 is 0 Å². The molecule has 0 unspecified atom stereocenters. The van der Waals surface area contributed by atoms with Crippen LogP contribution in [-0.2, 0) is 0 Å². The van der Waals surface area contributed by atoms with E-state index in [0.29, 0.717) is 5.82 Å². The van der Waals surface area contributed by atoms with E-state index in [9.17, 15) is 0 Å². The highest BCUT2D eigenvalue weighted by Gasteiger charge is 2.06. The number of fused-ring (bicyclic) bond motifs is 3. The molecule has 0 aliphatic carbocycles. The highest BCUT2D eigenvalue weighted by molar-refractivity contribution is 6.11. The molecule has 1 heterocycles. The Kier molecular flexibility index (Phi) is 1.83. The molecule has 2 nitrogen and oxygen atoms in total. The molecule has 0 fully saturated rings. The normalized spacial score (nSPS) is 11.1. The fourth-order valence-electron chi connectivity index (χ4n) is 2.21. The molecule has 3 rings (SSSR count). The molecule has 0 radical (unpaired) electrons. The van der Waals surface area contributed by atoms with Crippen LogP contribution in [0.5, 0.6) is 0 Å². The maximum absolute atomic E-state index is 5.98. The number of aromatic nitrogens is 1. The van der Waals surface area contributed by atoms with Gasteiger partial charge in [0.15, 0.2) is 0 Å². The van der Waals surface area contributed by atoms with Gasteiger partial charge in [-0.15, -0.1) is 0 Å². The van der Waals surface area contributed by atoms with Crippen LogP contribution in [0.4, 0.5) is 5.82 Å². The largest absolute Gasteiger partial charge is 0.383 e. The first-order valence-corrected chi connectivity index (χ1v) is 5.31. The number of hydrogen-bond donors (Lipinski definition) is 1.